The Morgan fingerprint density at radius 2 is 1.57 bits per heavy atom. The standard InChI is InChI=1S/C26H29N3O4S2/c1-5-18(2)27-26(31)23-8-6-7-9-24(23)28-25(30)19-10-12-20(13-11-19)29(3)35(32,33)22-16-14-21(34-4)15-17-22/h6-18H,5H2,1-4H3,(H,27,31)(H,28,30). The van der Waals surface area contributed by atoms with E-state index in [9.17, 15) is 18.0 Å². The van der Waals surface area contributed by atoms with Gasteiger partial charge in [-0.3, -0.25) is 13.9 Å². The zero-order chi connectivity index (χ0) is 25.6. The molecule has 1 unspecified atom stereocenters. The zero-order valence-corrected chi connectivity index (χ0v) is 21.7. The van der Waals surface area contributed by atoms with E-state index in [-0.39, 0.29) is 16.8 Å². The molecule has 0 aromatic heterocycles. The van der Waals surface area contributed by atoms with E-state index in [2.05, 4.69) is 10.6 Å². The second kappa shape index (κ2) is 11.4. The largest absolute Gasteiger partial charge is 0.350 e. The van der Waals surface area contributed by atoms with Gasteiger partial charge in [-0.25, -0.2) is 8.42 Å². The van der Waals surface area contributed by atoms with E-state index in [1.54, 1.807) is 72.8 Å². The molecule has 0 heterocycles. The highest BCUT2D eigenvalue weighted by molar-refractivity contribution is 7.98. The summed E-state index contributed by atoms with van der Waals surface area (Å²) in [6.45, 7) is 3.89. The van der Waals surface area contributed by atoms with Crippen LogP contribution in [0.15, 0.2) is 82.6 Å². The van der Waals surface area contributed by atoms with Gasteiger partial charge in [0.25, 0.3) is 21.8 Å². The Balaban J connectivity index is 1.76. The van der Waals surface area contributed by atoms with E-state index >= 15 is 0 Å². The number of para-hydroxylation sites is 1. The SMILES string of the molecule is CCC(C)NC(=O)c1ccccc1NC(=O)c1ccc(N(C)S(=O)(=O)c2ccc(SC)cc2)cc1. The van der Waals surface area contributed by atoms with E-state index in [1.165, 1.54) is 23.1 Å². The molecule has 0 aliphatic heterocycles. The minimum Gasteiger partial charge on any atom is -0.350 e. The molecule has 184 valence electrons. The van der Waals surface area contributed by atoms with Crippen LogP contribution in [-0.4, -0.2) is 39.6 Å². The molecule has 35 heavy (non-hydrogen) atoms. The fraction of sp³-hybridized carbons (Fsp3) is 0.231. The molecule has 1 atom stereocenters. The van der Waals surface area contributed by atoms with Crippen LogP contribution in [-0.2, 0) is 10.0 Å². The molecular formula is C26H29N3O4S2. The summed E-state index contributed by atoms with van der Waals surface area (Å²) in [5.41, 5.74) is 1.52. The number of hydrogen-bond acceptors (Lipinski definition) is 5. The van der Waals surface area contributed by atoms with Crippen molar-refractivity contribution < 1.29 is 18.0 Å². The Hall–Kier alpha value is -3.30. The van der Waals surface area contributed by atoms with Gasteiger partial charge in [-0.2, -0.15) is 0 Å². The van der Waals surface area contributed by atoms with Gasteiger partial charge in [0.15, 0.2) is 0 Å². The van der Waals surface area contributed by atoms with Crippen molar-refractivity contribution in [1.82, 2.24) is 5.32 Å². The summed E-state index contributed by atoms with van der Waals surface area (Å²) in [6.07, 6.45) is 2.72. The van der Waals surface area contributed by atoms with E-state index in [1.807, 2.05) is 20.1 Å². The fourth-order valence-corrected chi connectivity index (χ4v) is 4.86. The number of benzene rings is 3. The first-order valence-corrected chi connectivity index (χ1v) is 13.8. The molecule has 3 rings (SSSR count). The highest BCUT2D eigenvalue weighted by Crippen LogP contribution is 2.25. The summed E-state index contributed by atoms with van der Waals surface area (Å²) in [5, 5.41) is 5.68. The van der Waals surface area contributed by atoms with Crippen molar-refractivity contribution in [3.8, 4) is 0 Å². The van der Waals surface area contributed by atoms with Crippen molar-refractivity contribution in [2.45, 2.75) is 36.1 Å². The molecule has 2 amide bonds. The van der Waals surface area contributed by atoms with Crippen molar-refractivity contribution in [3.63, 3.8) is 0 Å². The van der Waals surface area contributed by atoms with E-state index in [4.69, 9.17) is 0 Å². The molecule has 0 saturated carbocycles. The fourth-order valence-electron chi connectivity index (χ4n) is 3.26. The highest BCUT2D eigenvalue weighted by Gasteiger charge is 2.22. The maximum absolute atomic E-state index is 13.0. The van der Waals surface area contributed by atoms with Crippen LogP contribution >= 0.6 is 11.8 Å². The number of sulfonamides is 1. The zero-order valence-electron chi connectivity index (χ0n) is 20.1. The van der Waals surface area contributed by atoms with E-state index < -0.39 is 15.9 Å². The van der Waals surface area contributed by atoms with Crippen LogP contribution in [0.5, 0.6) is 0 Å². The number of anilines is 2. The normalized spacial score (nSPS) is 12.0. The van der Waals surface area contributed by atoms with Crippen molar-refractivity contribution in [2.75, 3.05) is 22.9 Å². The number of rotatable bonds is 9. The van der Waals surface area contributed by atoms with Crippen molar-refractivity contribution in [1.29, 1.82) is 0 Å². The Bertz CT molecular complexity index is 1290. The minimum absolute atomic E-state index is 0.00976. The van der Waals surface area contributed by atoms with E-state index in [0.717, 1.165) is 11.3 Å². The number of nitrogens with one attached hydrogen (secondary N) is 2. The molecule has 0 bridgehead atoms. The molecule has 7 nitrogen and oxygen atoms in total. The van der Waals surface area contributed by atoms with Crippen LogP contribution < -0.4 is 14.9 Å². The van der Waals surface area contributed by atoms with Gasteiger partial charge in [0, 0.05) is 23.5 Å². The number of carbonyl (C=O) groups excluding carboxylic acids is 2. The van der Waals surface area contributed by atoms with Gasteiger partial charge in [0.2, 0.25) is 0 Å². The van der Waals surface area contributed by atoms with Crippen LogP contribution in [0.1, 0.15) is 41.0 Å². The first-order chi connectivity index (χ1) is 16.7. The predicted octanol–water partition coefficient (Wildman–Crippen LogP) is 5.01. The van der Waals surface area contributed by atoms with Crippen molar-refractivity contribution >= 4 is 45.0 Å². The number of hydrogen-bond donors (Lipinski definition) is 2. The van der Waals surface area contributed by atoms with Gasteiger partial charge in [-0.15, -0.1) is 11.8 Å². The lowest BCUT2D eigenvalue weighted by Gasteiger charge is -2.20. The summed E-state index contributed by atoms with van der Waals surface area (Å²) >= 11 is 1.53. The maximum atomic E-state index is 13.0. The summed E-state index contributed by atoms with van der Waals surface area (Å²) in [7, 11) is -2.28. The molecule has 9 heteroatoms. The molecule has 0 fully saturated rings. The maximum Gasteiger partial charge on any atom is 0.264 e. The van der Waals surface area contributed by atoms with Crippen LogP contribution in [0.3, 0.4) is 0 Å². The van der Waals surface area contributed by atoms with Gasteiger partial charge in [-0.1, -0.05) is 19.1 Å². The topological polar surface area (TPSA) is 95.6 Å². The summed E-state index contributed by atoms with van der Waals surface area (Å²) in [6, 6.07) is 19.7. The van der Waals surface area contributed by atoms with Crippen LogP contribution in [0.25, 0.3) is 0 Å². The Morgan fingerprint density at radius 1 is 0.943 bits per heavy atom. The molecular weight excluding hydrogens is 482 g/mol. The smallest absolute Gasteiger partial charge is 0.264 e. The van der Waals surface area contributed by atoms with Crippen molar-refractivity contribution in [3.05, 3.63) is 83.9 Å². The minimum atomic E-state index is -3.75. The molecule has 0 spiro atoms. The second-order valence-corrected chi connectivity index (χ2v) is 10.8. The lowest BCUT2D eigenvalue weighted by molar-refractivity contribution is 0.0940. The third-order valence-corrected chi connectivity index (χ3v) is 8.16. The Labute approximate surface area is 211 Å². The second-order valence-electron chi connectivity index (χ2n) is 7.98. The van der Waals surface area contributed by atoms with Crippen LogP contribution in [0, 0.1) is 0 Å². The van der Waals surface area contributed by atoms with E-state index in [0.29, 0.717) is 22.5 Å². The Kier molecular flexibility index (Phi) is 8.58. The quantitative estimate of drug-likeness (QED) is 0.394. The lowest BCUT2D eigenvalue weighted by atomic mass is 10.1. The first kappa shape index (κ1) is 26.3. The van der Waals surface area contributed by atoms with Gasteiger partial charge in [0.05, 0.1) is 21.8 Å². The molecule has 0 saturated heterocycles. The molecule has 2 N–H and O–H groups in total. The van der Waals surface area contributed by atoms with Gasteiger partial charge in [0.1, 0.15) is 0 Å². The molecule has 3 aromatic rings. The van der Waals surface area contributed by atoms with Gasteiger partial charge >= 0.3 is 0 Å². The summed E-state index contributed by atoms with van der Waals surface area (Å²) < 4.78 is 27.2. The van der Waals surface area contributed by atoms with Crippen LogP contribution in [0.4, 0.5) is 11.4 Å². The summed E-state index contributed by atoms with van der Waals surface area (Å²) in [5.74, 6) is -0.665. The lowest BCUT2D eigenvalue weighted by Crippen LogP contribution is -2.32. The average molecular weight is 512 g/mol. The molecule has 0 aliphatic rings. The highest BCUT2D eigenvalue weighted by atomic mass is 32.2. The number of nitrogens with zero attached hydrogens (tertiary/aromatic N) is 1. The van der Waals surface area contributed by atoms with Gasteiger partial charge in [-0.05, 0) is 80.3 Å². The summed E-state index contributed by atoms with van der Waals surface area (Å²) in [4.78, 5) is 26.6. The molecule has 0 aliphatic carbocycles. The third kappa shape index (κ3) is 6.23. The first-order valence-electron chi connectivity index (χ1n) is 11.1. The number of amides is 2. The Morgan fingerprint density at radius 3 is 2.17 bits per heavy atom. The third-order valence-electron chi connectivity index (χ3n) is 5.62. The number of thioether (sulfide) groups is 1. The number of carbonyl (C=O) groups is 2. The molecule has 3 aromatic carbocycles. The van der Waals surface area contributed by atoms with Crippen LogP contribution in [0.2, 0.25) is 0 Å². The van der Waals surface area contributed by atoms with Crippen molar-refractivity contribution in [2.24, 2.45) is 0 Å². The predicted molar refractivity (Wildman–Crippen MR) is 142 cm³/mol. The molecule has 0 radical (unpaired) electrons. The van der Waals surface area contributed by atoms with Gasteiger partial charge < -0.3 is 10.6 Å². The monoisotopic (exact) mass is 511 g/mol. The average Bonchev–Trinajstić information content (AvgIpc) is 2.88.